The number of amides is 1. The van der Waals surface area contributed by atoms with Crippen LogP contribution in [0.15, 0.2) is 30.6 Å². The number of carbonyl (C=O) groups excluding carboxylic acids is 1. The number of carbonyl (C=O) groups is 1. The van der Waals surface area contributed by atoms with E-state index >= 15 is 0 Å². The zero-order valence-corrected chi connectivity index (χ0v) is 15.6. The monoisotopic (exact) mass is 371 g/mol. The molecular formula is C19H25N5O3. The molecule has 2 fully saturated rings. The van der Waals surface area contributed by atoms with Crippen molar-refractivity contribution >= 4 is 5.91 Å². The molecule has 27 heavy (non-hydrogen) atoms. The molecule has 8 nitrogen and oxygen atoms in total. The van der Waals surface area contributed by atoms with Crippen LogP contribution in [0.2, 0.25) is 0 Å². The molecule has 1 amide bonds. The smallest absolute Gasteiger partial charge is 0.260 e. The maximum absolute atomic E-state index is 12.7. The molecule has 0 bridgehead atoms. The second kappa shape index (κ2) is 7.64. The molecule has 0 radical (unpaired) electrons. The van der Waals surface area contributed by atoms with Crippen LogP contribution in [-0.4, -0.2) is 63.9 Å². The Kier molecular flexibility index (Phi) is 5.07. The highest BCUT2D eigenvalue weighted by molar-refractivity contribution is 5.78. The van der Waals surface area contributed by atoms with Gasteiger partial charge in [-0.3, -0.25) is 4.79 Å². The Hall–Kier alpha value is -2.48. The molecule has 1 spiro atoms. The van der Waals surface area contributed by atoms with Crippen molar-refractivity contribution in [3.05, 3.63) is 30.6 Å². The average Bonchev–Trinajstić information content (AvgIpc) is 3.37. The number of hydrogen-bond acceptors (Lipinski definition) is 6. The van der Waals surface area contributed by atoms with Gasteiger partial charge in [0.05, 0.1) is 11.8 Å². The molecule has 4 rings (SSSR count). The minimum Gasteiger partial charge on any atom is -0.484 e. The molecule has 1 aromatic heterocycles. The summed E-state index contributed by atoms with van der Waals surface area (Å²) >= 11 is 0. The highest BCUT2D eigenvalue weighted by Gasteiger charge is 2.46. The summed E-state index contributed by atoms with van der Waals surface area (Å²) in [7, 11) is 1.79. The summed E-state index contributed by atoms with van der Waals surface area (Å²) in [6, 6.07) is 7.35. The Bertz CT molecular complexity index is 764. The molecule has 1 saturated carbocycles. The van der Waals surface area contributed by atoms with Gasteiger partial charge in [-0.2, -0.15) is 0 Å². The molecule has 144 valence electrons. The van der Waals surface area contributed by atoms with Crippen LogP contribution < -0.4 is 4.74 Å². The van der Waals surface area contributed by atoms with Gasteiger partial charge >= 0.3 is 0 Å². The van der Waals surface area contributed by atoms with Crippen LogP contribution in [0.1, 0.15) is 32.1 Å². The number of hydrogen-bond donors (Lipinski definition) is 0. The minimum atomic E-state index is 0.0420. The number of tetrazole rings is 1. The average molecular weight is 371 g/mol. The van der Waals surface area contributed by atoms with E-state index in [1.165, 1.54) is 12.7 Å². The highest BCUT2D eigenvalue weighted by Crippen LogP contribution is 2.46. The molecule has 1 aromatic carbocycles. The lowest BCUT2D eigenvalue weighted by Gasteiger charge is -2.43. The van der Waals surface area contributed by atoms with Crippen molar-refractivity contribution < 1.29 is 14.3 Å². The van der Waals surface area contributed by atoms with Crippen molar-refractivity contribution in [2.75, 3.05) is 26.8 Å². The van der Waals surface area contributed by atoms with E-state index in [-0.39, 0.29) is 24.0 Å². The van der Waals surface area contributed by atoms with Gasteiger partial charge in [-0.25, -0.2) is 4.68 Å². The fraction of sp³-hybridized carbons (Fsp3) is 0.579. The van der Waals surface area contributed by atoms with Gasteiger partial charge in [0.2, 0.25) is 0 Å². The number of nitrogens with zero attached hydrogens (tertiary/aromatic N) is 5. The lowest BCUT2D eigenvalue weighted by molar-refractivity contribution is -0.139. The van der Waals surface area contributed by atoms with Crippen molar-refractivity contribution in [3.63, 3.8) is 0 Å². The van der Waals surface area contributed by atoms with Crippen LogP contribution in [-0.2, 0) is 9.53 Å². The van der Waals surface area contributed by atoms with Crippen molar-refractivity contribution in [2.24, 2.45) is 5.41 Å². The van der Waals surface area contributed by atoms with Gasteiger partial charge in [-0.1, -0.05) is 6.42 Å². The first kappa shape index (κ1) is 17.9. The summed E-state index contributed by atoms with van der Waals surface area (Å²) in [5.74, 6) is 0.697. The van der Waals surface area contributed by atoms with Crippen LogP contribution in [0.3, 0.4) is 0 Å². The van der Waals surface area contributed by atoms with E-state index < -0.39 is 0 Å². The van der Waals surface area contributed by atoms with E-state index in [1.807, 2.05) is 29.2 Å². The molecule has 2 heterocycles. The van der Waals surface area contributed by atoms with Gasteiger partial charge in [0.25, 0.3) is 5.91 Å². The van der Waals surface area contributed by atoms with E-state index in [4.69, 9.17) is 9.47 Å². The first-order chi connectivity index (χ1) is 13.2. The molecular weight excluding hydrogens is 346 g/mol. The Labute approximate surface area is 158 Å². The molecule has 8 heteroatoms. The minimum absolute atomic E-state index is 0.0420. The first-order valence-electron chi connectivity index (χ1n) is 9.47. The third-order valence-corrected chi connectivity index (χ3v) is 5.88. The van der Waals surface area contributed by atoms with E-state index in [2.05, 4.69) is 15.5 Å². The van der Waals surface area contributed by atoms with Crippen molar-refractivity contribution in [2.45, 2.75) is 38.2 Å². The second-order valence-corrected chi connectivity index (χ2v) is 7.43. The van der Waals surface area contributed by atoms with Crippen molar-refractivity contribution in [1.29, 1.82) is 0 Å². The topological polar surface area (TPSA) is 82.4 Å². The van der Waals surface area contributed by atoms with Crippen LogP contribution in [0.4, 0.5) is 0 Å². The van der Waals surface area contributed by atoms with E-state index in [0.717, 1.165) is 44.5 Å². The number of likely N-dealkylation sites (tertiary alicyclic amines) is 1. The predicted molar refractivity (Wildman–Crippen MR) is 97.5 cm³/mol. The van der Waals surface area contributed by atoms with Gasteiger partial charge in [-0.15, -0.1) is 5.10 Å². The largest absolute Gasteiger partial charge is 0.484 e. The summed E-state index contributed by atoms with van der Waals surface area (Å²) in [5.41, 5.74) is 0.972. The highest BCUT2D eigenvalue weighted by atomic mass is 16.5. The van der Waals surface area contributed by atoms with E-state index in [9.17, 15) is 4.79 Å². The summed E-state index contributed by atoms with van der Waals surface area (Å²) in [6.07, 6.45) is 7.41. The number of methoxy groups -OCH3 is 1. The lowest BCUT2D eigenvalue weighted by Crippen LogP contribution is -2.50. The maximum Gasteiger partial charge on any atom is 0.260 e. The second-order valence-electron chi connectivity index (χ2n) is 7.43. The van der Waals surface area contributed by atoms with Gasteiger partial charge in [0, 0.05) is 25.6 Å². The number of benzene rings is 1. The van der Waals surface area contributed by atoms with Crippen LogP contribution in [0.25, 0.3) is 5.69 Å². The number of aromatic nitrogens is 4. The van der Waals surface area contributed by atoms with Gasteiger partial charge in [-0.05, 0) is 60.4 Å². The van der Waals surface area contributed by atoms with Gasteiger partial charge in [0.15, 0.2) is 6.61 Å². The van der Waals surface area contributed by atoms with Crippen molar-refractivity contribution in [3.8, 4) is 11.4 Å². The Morgan fingerprint density at radius 1 is 1.26 bits per heavy atom. The quantitative estimate of drug-likeness (QED) is 0.798. The Balaban J connectivity index is 1.34. The van der Waals surface area contributed by atoms with E-state index in [0.29, 0.717) is 5.75 Å². The van der Waals surface area contributed by atoms with Crippen molar-refractivity contribution in [1.82, 2.24) is 25.1 Å². The maximum atomic E-state index is 12.7. The first-order valence-corrected chi connectivity index (χ1v) is 9.47. The molecule has 0 unspecified atom stereocenters. The molecule has 2 aromatic rings. The zero-order valence-electron chi connectivity index (χ0n) is 15.6. The van der Waals surface area contributed by atoms with Gasteiger partial charge < -0.3 is 14.4 Å². The molecule has 0 N–H and O–H groups in total. The summed E-state index contributed by atoms with van der Waals surface area (Å²) in [6.45, 7) is 1.64. The van der Waals surface area contributed by atoms with Gasteiger partial charge in [0.1, 0.15) is 12.1 Å². The zero-order chi connectivity index (χ0) is 18.7. The molecule has 2 atom stereocenters. The van der Waals surface area contributed by atoms with E-state index in [1.54, 1.807) is 11.8 Å². The predicted octanol–water partition coefficient (Wildman–Crippen LogP) is 1.85. The summed E-state index contributed by atoms with van der Waals surface area (Å²) in [5, 5.41) is 11.1. The third-order valence-electron chi connectivity index (χ3n) is 5.88. The number of piperidine rings is 1. The van der Waals surface area contributed by atoms with Crippen LogP contribution in [0.5, 0.6) is 5.75 Å². The fourth-order valence-corrected chi connectivity index (χ4v) is 4.53. The SMILES string of the molecule is CO[C@@H]1CCC[C@@]12CCCN(C(=O)COc1ccc(-n3cnnn3)cc1)C2. The lowest BCUT2D eigenvalue weighted by atomic mass is 9.76. The fourth-order valence-electron chi connectivity index (χ4n) is 4.53. The Morgan fingerprint density at radius 3 is 2.81 bits per heavy atom. The number of rotatable bonds is 5. The third kappa shape index (κ3) is 3.66. The normalized spacial score (nSPS) is 25.1. The summed E-state index contributed by atoms with van der Waals surface area (Å²) < 4.78 is 13.0. The van der Waals surface area contributed by atoms with Crippen LogP contribution >= 0.6 is 0 Å². The summed E-state index contributed by atoms with van der Waals surface area (Å²) in [4.78, 5) is 14.6. The standard InChI is InChI=1S/C19H25N5O3/c1-26-17-4-2-9-19(17)10-3-11-23(13-19)18(25)12-27-16-7-5-15(6-8-16)24-14-20-21-22-24/h5-8,14,17H,2-4,9-13H2,1H3/t17-,19+/m1/s1. The molecule has 1 aliphatic carbocycles. The Morgan fingerprint density at radius 2 is 2.07 bits per heavy atom. The van der Waals surface area contributed by atoms with Crippen LogP contribution in [0, 0.1) is 5.41 Å². The molecule has 1 saturated heterocycles. The molecule has 2 aliphatic rings. The number of ether oxygens (including phenoxy) is 2. The molecule has 1 aliphatic heterocycles.